The van der Waals surface area contributed by atoms with Crippen molar-refractivity contribution in [1.29, 1.82) is 0 Å². The van der Waals surface area contributed by atoms with E-state index < -0.39 is 0 Å². The topological polar surface area (TPSA) is 77.2 Å². The fourth-order valence-corrected chi connectivity index (χ4v) is 3.72. The minimum atomic E-state index is -0.0826. The van der Waals surface area contributed by atoms with E-state index in [1.807, 2.05) is 48.5 Å². The molecule has 0 spiro atoms. The van der Waals surface area contributed by atoms with Crippen molar-refractivity contribution in [2.45, 2.75) is 30.0 Å². The van der Waals surface area contributed by atoms with Crippen molar-refractivity contribution >= 4 is 17.7 Å². The van der Waals surface area contributed by atoms with E-state index in [1.165, 1.54) is 0 Å². The van der Waals surface area contributed by atoms with E-state index in [0.29, 0.717) is 29.6 Å². The van der Waals surface area contributed by atoms with Gasteiger partial charge in [-0.05, 0) is 37.3 Å². The molecule has 1 aromatic heterocycles. The second kappa shape index (κ2) is 7.84. The van der Waals surface area contributed by atoms with E-state index in [2.05, 4.69) is 15.5 Å². The van der Waals surface area contributed by atoms with Crippen LogP contribution >= 0.6 is 11.8 Å². The Hall–Kier alpha value is -2.80. The van der Waals surface area contributed by atoms with Gasteiger partial charge in [-0.3, -0.25) is 4.79 Å². The first-order chi connectivity index (χ1) is 13.2. The predicted molar refractivity (Wildman–Crippen MR) is 102 cm³/mol. The van der Waals surface area contributed by atoms with Gasteiger partial charge in [0.05, 0.1) is 18.4 Å². The minimum absolute atomic E-state index is 0.0303. The molecular weight excluding hydrogens is 362 g/mol. The lowest BCUT2D eigenvalue weighted by molar-refractivity contribution is 0.0924. The molecule has 2 heterocycles. The van der Waals surface area contributed by atoms with Gasteiger partial charge in [0.1, 0.15) is 5.75 Å². The zero-order chi connectivity index (χ0) is 18.6. The monoisotopic (exact) mass is 381 g/mol. The standard InChI is InChI=1S/C20H19N3O3S/c1-13-21-19(26-23-13)12-27-15-8-6-14(7-9-15)20(24)22-17-10-11-25-18-5-3-2-4-16(17)18/h2-9,17H,10-12H2,1H3,(H,22,24)/t17-/m0/s1. The van der Waals surface area contributed by atoms with Crippen molar-refractivity contribution in [3.05, 3.63) is 71.4 Å². The summed E-state index contributed by atoms with van der Waals surface area (Å²) >= 11 is 1.59. The van der Waals surface area contributed by atoms with Gasteiger partial charge in [0.2, 0.25) is 5.89 Å². The van der Waals surface area contributed by atoms with E-state index >= 15 is 0 Å². The predicted octanol–water partition coefficient (Wildman–Crippen LogP) is 3.92. The third-order valence-electron chi connectivity index (χ3n) is 4.31. The molecule has 1 atom stereocenters. The van der Waals surface area contributed by atoms with E-state index in [-0.39, 0.29) is 11.9 Å². The average Bonchev–Trinajstić information content (AvgIpc) is 3.12. The lowest BCUT2D eigenvalue weighted by Gasteiger charge is -2.26. The van der Waals surface area contributed by atoms with Crippen LogP contribution in [0.3, 0.4) is 0 Å². The van der Waals surface area contributed by atoms with Gasteiger partial charge in [-0.25, -0.2) is 0 Å². The number of hydrogen-bond donors (Lipinski definition) is 1. The van der Waals surface area contributed by atoms with E-state index in [9.17, 15) is 4.79 Å². The van der Waals surface area contributed by atoms with Crippen LogP contribution < -0.4 is 10.1 Å². The van der Waals surface area contributed by atoms with Gasteiger partial charge in [0.15, 0.2) is 5.82 Å². The SMILES string of the molecule is Cc1noc(CSc2ccc(C(=O)N[C@H]3CCOc4ccccc43)cc2)n1. The van der Waals surface area contributed by atoms with Crippen LogP contribution in [0.1, 0.15) is 40.1 Å². The van der Waals surface area contributed by atoms with Gasteiger partial charge in [-0.15, -0.1) is 11.8 Å². The van der Waals surface area contributed by atoms with Gasteiger partial charge in [0, 0.05) is 22.4 Å². The number of amides is 1. The largest absolute Gasteiger partial charge is 0.493 e. The Kier molecular flexibility index (Phi) is 5.11. The molecule has 3 aromatic rings. The normalized spacial score (nSPS) is 15.7. The Morgan fingerprint density at radius 1 is 1.22 bits per heavy atom. The number of benzene rings is 2. The smallest absolute Gasteiger partial charge is 0.251 e. The molecule has 0 radical (unpaired) electrons. The van der Waals surface area contributed by atoms with Gasteiger partial charge in [-0.2, -0.15) is 4.98 Å². The number of aryl methyl sites for hydroxylation is 1. The molecule has 6 nitrogen and oxygen atoms in total. The van der Waals surface area contributed by atoms with Crippen LogP contribution in [0.2, 0.25) is 0 Å². The average molecular weight is 381 g/mol. The third kappa shape index (κ3) is 4.14. The van der Waals surface area contributed by atoms with Crippen molar-refractivity contribution in [3.8, 4) is 5.75 Å². The number of carbonyl (C=O) groups excluding carboxylic acids is 1. The summed E-state index contributed by atoms with van der Waals surface area (Å²) in [5.74, 6) is 2.59. The van der Waals surface area contributed by atoms with Crippen LogP contribution in [0.25, 0.3) is 0 Å². The highest BCUT2D eigenvalue weighted by atomic mass is 32.2. The van der Waals surface area contributed by atoms with E-state index in [4.69, 9.17) is 9.26 Å². The van der Waals surface area contributed by atoms with Crippen LogP contribution in [-0.2, 0) is 5.75 Å². The highest BCUT2D eigenvalue weighted by Gasteiger charge is 2.23. The molecule has 0 saturated heterocycles. The molecule has 1 N–H and O–H groups in total. The summed E-state index contributed by atoms with van der Waals surface area (Å²) in [4.78, 5) is 17.8. The minimum Gasteiger partial charge on any atom is -0.493 e. The van der Waals surface area contributed by atoms with Gasteiger partial charge in [-0.1, -0.05) is 23.4 Å². The fraction of sp³-hybridized carbons (Fsp3) is 0.250. The van der Waals surface area contributed by atoms with Gasteiger partial charge < -0.3 is 14.6 Å². The number of ether oxygens (including phenoxy) is 1. The molecule has 0 fully saturated rings. The van der Waals surface area contributed by atoms with Crippen molar-refractivity contribution in [3.63, 3.8) is 0 Å². The number of nitrogens with zero attached hydrogens (tertiary/aromatic N) is 2. The molecule has 7 heteroatoms. The van der Waals surface area contributed by atoms with Crippen LogP contribution in [0.5, 0.6) is 5.75 Å². The molecule has 0 aliphatic carbocycles. The Balaban J connectivity index is 1.38. The molecule has 4 rings (SSSR count). The summed E-state index contributed by atoms with van der Waals surface area (Å²) < 4.78 is 10.8. The highest BCUT2D eigenvalue weighted by molar-refractivity contribution is 7.98. The number of para-hydroxylation sites is 1. The number of aromatic nitrogens is 2. The number of carbonyl (C=O) groups is 1. The number of thioether (sulfide) groups is 1. The van der Waals surface area contributed by atoms with Crippen molar-refractivity contribution < 1.29 is 14.1 Å². The van der Waals surface area contributed by atoms with E-state index in [1.54, 1.807) is 18.7 Å². The van der Waals surface area contributed by atoms with Crippen molar-refractivity contribution in [2.75, 3.05) is 6.61 Å². The Morgan fingerprint density at radius 3 is 2.81 bits per heavy atom. The molecule has 1 aliphatic heterocycles. The number of rotatable bonds is 5. The molecule has 0 saturated carbocycles. The molecule has 0 bridgehead atoms. The Morgan fingerprint density at radius 2 is 2.04 bits per heavy atom. The summed E-state index contributed by atoms with van der Waals surface area (Å²) in [5, 5.41) is 6.89. The third-order valence-corrected chi connectivity index (χ3v) is 5.31. The maximum Gasteiger partial charge on any atom is 0.251 e. The summed E-state index contributed by atoms with van der Waals surface area (Å²) in [6.07, 6.45) is 0.764. The van der Waals surface area contributed by atoms with Crippen LogP contribution in [0.4, 0.5) is 0 Å². The summed E-state index contributed by atoms with van der Waals surface area (Å²) in [6.45, 7) is 2.40. The van der Waals surface area contributed by atoms with Gasteiger partial charge in [0.25, 0.3) is 5.91 Å². The summed E-state index contributed by atoms with van der Waals surface area (Å²) in [5.41, 5.74) is 1.66. The first-order valence-electron chi connectivity index (χ1n) is 8.74. The molecule has 1 aliphatic rings. The first kappa shape index (κ1) is 17.6. The number of fused-ring (bicyclic) bond motifs is 1. The molecular formula is C20H19N3O3S. The summed E-state index contributed by atoms with van der Waals surface area (Å²) in [7, 11) is 0. The van der Waals surface area contributed by atoms with Crippen LogP contribution in [0.15, 0.2) is 57.9 Å². The zero-order valence-corrected chi connectivity index (χ0v) is 15.7. The fourth-order valence-electron chi connectivity index (χ4n) is 2.98. The molecule has 2 aromatic carbocycles. The number of hydrogen-bond acceptors (Lipinski definition) is 6. The highest BCUT2D eigenvalue weighted by Crippen LogP contribution is 2.31. The van der Waals surface area contributed by atoms with Gasteiger partial charge >= 0.3 is 0 Å². The lowest BCUT2D eigenvalue weighted by Crippen LogP contribution is -2.32. The Labute approximate surface area is 161 Å². The lowest BCUT2D eigenvalue weighted by atomic mass is 10.00. The second-order valence-electron chi connectivity index (χ2n) is 6.25. The second-order valence-corrected chi connectivity index (χ2v) is 7.30. The first-order valence-corrected chi connectivity index (χ1v) is 9.72. The summed E-state index contributed by atoms with van der Waals surface area (Å²) in [6, 6.07) is 15.3. The van der Waals surface area contributed by atoms with E-state index in [0.717, 1.165) is 22.6 Å². The van der Waals surface area contributed by atoms with Crippen LogP contribution in [-0.4, -0.2) is 22.7 Å². The molecule has 138 valence electrons. The molecule has 27 heavy (non-hydrogen) atoms. The maximum atomic E-state index is 12.6. The quantitative estimate of drug-likeness (QED) is 0.675. The Bertz CT molecular complexity index is 940. The molecule has 0 unspecified atom stereocenters. The van der Waals surface area contributed by atoms with Crippen LogP contribution in [0, 0.1) is 6.92 Å². The van der Waals surface area contributed by atoms with Crippen molar-refractivity contribution in [1.82, 2.24) is 15.5 Å². The molecule has 1 amide bonds. The van der Waals surface area contributed by atoms with Crippen molar-refractivity contribution in [2.24, 2.45) is 0 Å². The maximum absolute atomic E-state index is 12.6. The number of nitrogens with one attached hydrogen (secondary N) is 1. The zero-order valence-electron chi connectivity index (χ0n) is 14.8.